The molecule has 0 heterocycles. The molecule has 0 amide bonds. The SMILES string of the molecule is CCN(C1(CN)CCCC1)S(=O)(=O)c1ccc(C)c(C)c1. The van der Waals surface area contributed by atoms with Crippen molar-refractivity contribution in [2.45, 2.75) is 56.9 Å². The van der Waals surface area contributed by atoms with E-state index in [0.717, 1.165) is 36.8 Å². The second kappa shape index (κ2) is 6.07. The van der Waals surface area contributed by atoms with E-state index in [1.165, 1.54) is 0 Å². The lowest BCUT2D eigenvalue weighted by Crippen LogP contribution is -2.54. The van der Waals surface area contributed by atoms with Gasteiger partial charge in [0.2, 0.25) is 10.0 Å². The first kappa shape index (κ1) is 16.5. The van der Waals surface area contributed by atoms with E-state index in [0.29, 0.717) is 18.0 Å². The maximum atomic E-state index is 13.0. The second-order valence-corrected chi connectivity index (χ2v) is 7.91. The smallest absolute Gasteiger partial charge is 0.243 e. The number of nitrogens with two attached hydrogens (primary N) is 1. The Morgan fingerprint density at radius 2 is 1.81 bits per heavy atom. The Hall–Kier alpha value is -0.910. The molecule has 118 valence electrons. The topological polar surface area (TPSA) is 63.4 Å². The normalized spacial score (nSPS) is 18.3. The first-order valence-electron chi connectivity index (χ1n) is 7.67. The lowest BCUT2D eigenvalue weighted by atomic mass is 9.98. The van der Waals surface area contributed by atoms with Gasteiger partial charge in [-0.1, -0.05) is 25.8 Å². The summed E-state index contributed by atoms with van der Waals surface area (Å²) in [5, 5.41) is 0. The Balaban J connectivity index is 2.46. The fourth-order valence-electron chi connectivity index (χ4n) is 3.35. The molecule has 0 unspecified atom stereocenters. The van der Waals surface area contributed by atoms with Crippen LogP contribution in [0.25, 0.3) is 0 Å². The van der Waals surface area contributed by atoms with Gasteiger partial charge in [-0.25, -0.2) is 8.42 Å². The Bertz CT molecular complexity index is 605. The molecule has 4 nitrogen and oxygen atoms in total. The van der Waals surface area contributed by atoms with Crippen molar-refractivity contribution in [1.82, 2.24) is 4.31 Å². The highest BCUT2D eigenvalue weighted by Crippen LogP contribution is 2.37. The van der Waals surface area contributed by atoms with Crippen molar-refractivity contribution in [3.8, 4) is 0 Å². The van der Waals surface area contributed by atoms with Crippen LogP contribution in [-0.2, 0) is 10.0 Å². The highest BCUT2D eigenvalue weighted by molar-refractivity contribution is 7.89. The second-order valence-electron chi connectivity index (χ2n) is 6.05. The van der Waals surface area contributed by atoms with Gasteiger partial charge in [0.05, 0.1) is 4.90 Å². The van der Waals surface area contributed by atoms with E-state index in [2.05, 4.69) is 0 Å². The van der Waals surface area contributed by atoms with Crippen LogP contribution >= 0.6 is 0 Å². The fraction of sp³-hybridized carbons (Fsp3) is 0.625. The molecule has 1 saturated carbocycles. The Kier molecular flexibility index (Phi) is 4.76. The summed E-state index contributed by atoms with van der Waals surface area (Å²) in [6.45, 7) is 6.69. The first-order chi connectivity index (χ1) is 9.87. The molecule has 0 radical (unpaired) electrons. The molecule has 2 rings (SSSR count). The van der Waals surface area contributed by atoms with Gasteiger partial charge in [-0.3, -0.25) is 0 Å². The zero-order valence-electron chi connectivity index (χ0n) is 13.2. The molecule has 0 aliphatic heterocycles. The van der Waals surface area contributed by atoms with Crippen LogP contribution in [0.2, 0.25) is 0 Å². The van der Waals surface area contributed by atoms with Gasteiger partial charge in [-0.2, -0.15) is 4.31 Å². The van der Waals surface area contributed by atoms with Crippen molar-refractivity contribution < 1.29 is 8.42 Å². The summed E-state index contributed by atoms with van der Waals surface area (Å²) in [5.41, 5.74) is 7.67. The zero-order valence-corrected chi connectivity index (χ0v) is 14.0. The van der Waals surface area contributed by atoms with Gasteiger partial charge in [-0.15, -0.1) is 0 Å². The average molecular weight is 310 g/mol. The number of aryl methyl sites for hydroxylation is 2. The molecule has 0 spiro atoms. The summed E-state index contributed by atoms with van der Waals surface area (Å²) >= 11 is 0. The molecule has 0 atom stereocenters. The van der Waals surface area contributed by atoms with Crippen molar-refractivity contribution in [3.05, 3.63) is 29.3 Å². The number of rotatable bonds is 5. The van der Waals surface area contributed by atoms with E-state index in [-0.39, 0.29) is 0 Å². The molecule has 1 aliphatic rings. The van der Waals surface area contributed by atoms with Crippen LogP contribution in [0.1, 0.15) is 43.7 Å². The highest BCUT2D eigenvalue weighted by atomic mass is 32.2. The van der Waals surface area contributed by atoms with Crippen molar-refractivity contribution in [2.75, 3.05) is 13.1 Å². The summed E-state index contributed by atoms with van der Waals surface area (Å²) in [6.07, 6.45) is 3.83. The van der Waals surface area contributed by atoms with E-state index < -0.39 is 15.6 Å². The molecule has 1 aromatic rings. The maximum absolute atomic E-state index is 13.0. The molecule has 1 fully saturated rings. The Morgan fingerprint density at radius 1 is 1.19 bits per heavy atom. The van der Waals surface area contributed by atoms with Crippen molar-refractivity contribution in [1.29, 1.82) is 0 Å². The molecule has 0 bridgehead atoms. The first-order valence-corrected chi connectivity index (χ1v) is 9.11. The van der Waals surface area contributed by atoms with Crippen molar-refractivity contribution >= 4 is 10.0 Å². The van der Waals surface area contributed by atoms with Gasteiger partial charge in [0.1, 0.15) is 0 Å². The van der Waals surface area contributed by atoms with Crippen LogP contribution in [0.4, 0.5) is 0 Å². The third-order valence-corrected chi connectivity index (χ3v) is 6.87. The van der Waals surface area contributed by atoms with Crippen LogP contribution < -0.4 is 5.73 Å². The predicted molar refractivity (Wildman–Crippen MR) is 85.7 cm³/mol. The quantitative estimate of drug-likeness (QED) is 0.909. The Morgan fingerprint density at radius 3 is 2.29 bits per heavy atom. The van der Waals surface area contributed by atoms with Crippen molar-refractivity contribution in [3.63, 3.8) is 0 Å². The minimum absolute atomic E-state index is 0.382. The van der Waals surface area contributed by atoms with Gasteiger partial charge >= 0.3 is 0 Å². The summed E-state index contributed by atoms with van der Waals surface area (Å²) in [6, 6.07) is 5.35. The number of likely N-dealkylation sites (N-methyl/N-ethyl adjacent to an activating group) is 1. The maximum Gasteiger partial charge on any atom is 0.243 e. The number of benzene rings is 1. The molecule has 0 saturated heterocycles. The van der Waals surface area contributed by atoms with E-state index in [4.69, 9.17) is 5.73 Å². The van der Waals surface area contributed by atoms with Gasteiger partial charge in [0.25, 0.3) is 0 Å². The number of hydrogen-bond donors (Lipinski definition) is 1. The molecule has 21 heavy (non-hydrogen) atoms. The van der Waals surface area contributed by atoms with E-state index >= 15 is 0 Å². The van der Waals surface area contributed by atoms with Crippen LogP contribution in [0.15, 0.2) is 23.1 Å². The highest BCUT2D eigenvalue weighted by Gasteiger charge is 2.44. The fourth-order valence-corrected chi connectivity index (χ4v) is 5.28. The molecule has 0 aromatic heterocycles. The zero-order chi connectivity index (χ0) is 15.7. The van der Waals surface area contributed by atoms with Gasteiger partial charge in [-0.05, 0) is 49.9 Å². The molecule has 5 heteroatoms. The lowest BCUT2D eigenvalue weighted by molar-refractivity contribution is 0.205. The summed E-state index contributed by atoms with van der Waals surface area (Å²) in [7, 11) is -3.49. The minimum Gasteiger partial charge on any atom is -0.329 e. The summed E-state index contributed by atoms with van der Waals surface area (Å²) in [4.78, 5) is 0.382. The van der Waals surface area contributed by atoms with E-state index in [9.17, 15) is 8.42 Å². The molecular weight excluding hydrogens is 284 g/mol. The third kappa shape index (κ3) is 2.87. The van der Waals surface area contributed by atoms with E-state index in [1.54, 1.807) is 16.4 Å². The van der Waals surface area contributed by atoms with Crippen LogP contribution in [0.5, 0.6) is 0 Å². The summed E-state index contributed by atoms with van der Waals surface area (Å²) in [5.74, 6) is 0. The third-order valence-electron chi connectivity index (χ3n) is 4.80. The monoisotopic (exact) mass is 310 g/mol. The molecular formula is C16H26N2O2S. The van der Waals surface area contributed by atoms with Gasteiger partial charge in [0, 0.05) is 18.6 Å². The van der Waals surface area contributed by atoms with E-state index in [1.807, 2.05) is 26.8 Å². The van der Waals surface area contributed by atoms with Crippen LogP contribution in [0, 0.1) is 13.8 Å². The van der Waals surface area contributed by atoms with Crippen LogP contribution in [-0.4, -0.2) is 31.4 Å². The van der Waals surface area contributed by atoms with Gasteiger partial charge in [0.15, 0.2) is 0 Å². The molecule has 2 N–H and O–H groups in total. The number of hydrogen-bond acceptors (Lipinski definition) is 3. The number of sulfonamides is 1. The largest absolute Gasteiger partial charge is 0.329 e. The minimum atomic E-state index is -3.49. The standard InChI is InChI=1S/C16H26N2O2S/c1-4-18(16(12-17)9-5-6-10-16)21(19,20)15-8-7-13(2)14(3)11-15/h7-8,11H,4-6,9-10,12,17H2,1-3H3. The predicted octanol–water partition coefficient (Wildman–Crippen LogP) is 2.59. The Labute approximate surface area is 128 Å². The average Bonchev–Trinajstić information content (AvgIpc) is 2.92. The van der Waals surface area contributed by atoms with Crippen molar-refractivity contribution in [2.24, 2.45) is 5.73 Å². The molecule has 1 aromatic carbocycles. The number of nitrogens with zero attached hydrogens (tertiary/aromatic N) is 1. The lowest BCUT2D eigenvalue weighted by Gasteiger charge is -2.39. The molecule has 1 aliphatic carbocycles. The summed E-state index contributed by atoms with van der Waals surface area (Å²) < 4.78 is 27.7. The van der Waals surface area contributed by atoms with Gasteiger partial charge < -0.3 is 5.73 Å². The van der Waals surface area contributed by atoms with Crippen LogP contribution in [0.3, 0.4) is 0 Å².